The topological polar surface area (TPSA) is 46.3 Å². The molecule has 1 amide bonds. The first-order chi connectivity index (χ1) is 9.22. The van der Waals surface area contributed by atoms with Crippen LogP contribution in [0, 0.1) is 17.8 Å². The van der Waals surface area contributed by atoms with Crippen molar-refractivity contribution >= 4 is 5.91 Å². The Labute approximate surface area is 116 Å². The molecule has 0 spiro atoms. The van der Waals surface area contributed by atoms with Gasteiger partial charge in [0.2, 0.25) is 5.91 Å². The van der Waals surface area contributed by atoms with Crippen molar-refractivity contribution in [3.05, 3.63) is 0 Å². The van der Waals surface area contributed by atoms with Gasteiger partial charge in [0.05, 0.1) is 5.92 Å². The van der Waals surface area contributed by atoms with E-state index < -0.39 is 0 Å². The van der Waals surface area contributed by atoms with Gasteiger partial charge in [-0.05, 0) is 50.4 Å². The molecule has 3 rings (SSSR count). The molecule has 0 radical (unpaired) electrons. The molecule has 1 heterocycles. The number of hydrogen-bond donors (Lipinski definition) is 1. The molecule has 3 heteroatoms. The lowest BCUT2D eigenvalue weighted by atomic mass is 9.83. The Balaban J connectivity index is 1.74. The van der Waals surface area contributed by atoms with Crippen LogP contribution in [0.15, 0.2) is 0 Å². The largest absolute Gasteiger partial charge is 0.339 e. The summed E-state index contributed by atoms with van der Waals surface area (Å²) in [5.41, 5.74) is 6.35. The van der Waals surface area contributed by atoms with Gasteiger partial charge in [-0.15, -0.1) is 0 Å². The summed E-state index contributed by atoms with van der Waals surface area (Å²) in [5.74, 6) is 1.76. The third kappa shape index (κ3) is 2.31. The van der Waals surface area contributed by atoms with E-state index in [4.69, 9.17) is 5.73 Å². The summed E-state index contributed by atoms with van der Waals surface area (Å²) in [6.45, 7) is 3.19. The van der Waals surface area contributed by atoms with E-state index in [9.17, 15) is 4.79 Å². The Kier molecular flexibility index (Phi) is 3.84. The number of carbonyl (C=O) groups excluding carboxylic acids is 1. The first-order valence-electron chi connectivity index (χ1n) is 8.28. The van der Waals surface area contributed by atoms with Crippen LogP contribution in [0.4, 0.5) is 0 Å². The summed E-state index contributed by atoms with van der Waals surface area (Å²) in [4.78, 5) is 15.2. The predicted octanol–water partition coefficient (Wildman–Crippen LogP) is 2.54. The quantitative estimate of drug-likeness (QED) is 0.833. The standard InChI is InChI=1S/C16H28N2O/c1-2-13-6-4-3-5-9-18(13)16(19)14-11-7-8-12(10-11)15(14)17/h11-15H,2-10,17H2,1H3. The van der Waals surface area contributed by atoms with Crippen LogP contribution in [-0.4, -0.2) is 29.4 Å². The van der Waals surface area contributed by atoms with E-state index in [1.807, 2.05) is 0 Å². The molecular weight excluding hydrogens is 236 g/mol. The zero-order valence-corrected chi connectivity index (χ0v) is 12.2. The molecule has 0 aromatic carbocycles. The van der Waals surface area contributed by atoms with Crippen LogP contribution in [0.2, 0.25) is 0 Å². The summed E-state index contributed by atoms with van der Waals surface area (Å²) < 4.78 is 0. The Morgan fingerprint density at radius 2 is 1.95 bits per heavy atom. The van der Waals surface area contributed by atoms with E-state index in [0.717, 1.165) is 13.0 Å². The number of rotatable bonds is 2. The number of carbonyl (C=O) groups is 1. The van der Waals surface area contributed by atoms with Crippen LogP contribution in [0.5, 0.6) is 0 Å². The molecule has 3 fully saturated rings. The Bertz CT molecular complexity index is 342. The fourth-order valence-electron chi connectivity index (χ4n) is 4.79. The van der Waals surface area contributed by atoms with Crippen LogP contribution < -0.4 is 5.73 Å². The predicted molar refractivity (Wildman–Crippen MR) is 76.6 cm³/mol. The van der Waals surface area contributed by atoms with Crippen LogP contribution in [0.25, 0.3) is 0 Å². The van der Waals surface area contributed by atoms with Gasteiger partial charge in [0.25, 0.3) is 0 Å². The molecule has 5 atom stereocenters. The minimum Gasteiger partial charge on any atom is -0.339 e. The molecule has 5 unspecified atom stereocenters. The molecule has 1 saturated heterocycles. The summed E-state index contributed by atoms with van der Waals surface area (Å²) in [6.07, 6.45) is 9.74. The third-order valence-electron chi connectivity index (χ3n) is 5.90. The third-order valence-corrected chi connectivity index (χ3v) is 5.90. The monoisotopic (exact) mass is 264 g/mol. The molecule has 0 aromatic heterocycles. The molecule has 3 nitrogen and oxygen atoms in total. The number of hydrogen-bond acceptors (Lipinski definition) is 2. The molecule has 108 valence electrons. The maximum Gasteiger partial charge on any atom is 0.227 e. The van der Waals surface area contributed by atoms with E-state index in [-0.39, 0.29) is 12.0 Å². The molecule has 2 saturated carbocycles. The maximum absolute atomic E-state index is 13.0. The molecule has 19 heavy (non-hydrogen) atoms. The summed E-state index contributed by atoms with van der Waals surface area (Å²) in [6, 6.07) is 0.619. The van der Waals surface area contributed by atoms with Crippen molar-refractivity contribution in [3.8, 4) is 0 Å². The van der Waals surface area contributed by atoms with E-state index in [0.29, 0.717) is 23.8 Å². The van der Waals surface area contributed by atoms with Crippen molar-refractivity contribution in [1.82, 2.24) is 4.90 Å². The number of likely N-dealkylation sites (tertiary alicyclic amines) is 1. The van der Waals surface area contributed by atoms with E-state index in [2.05, 4.69) is 11.8 Å². The maximum atomic E-state index is 13.0. The van der Waals surface area contributed by atoms with Crippen LogP contribution >= 0.6 is 0 Å². The number of fused-ring (bicyclic) bond motifs is 2. The molecule has 2 N–H and O–H groups in total. The second-order valence-electron chi connectivity index (χ2n) is 6.88. The number of nitrogens with zero attached hydrogens (tertiary/aromatic N) is 1. The number of amides is 1. The van der Waals surface area contributed by atoms with Crippen molar-refractivity contribution in [3.63, 3.8) is 0 Å². The minimum atomic E-state index is 0.144. The van der Waals surface area contributed by atoms with Crippen molar-refractivity contribution in [2.24, 2.45) is 23.5 Å². The second kappa shape index (κ2) is 5.43. The van der Waals surface area contributed by atoms with Gasteiger partial charge in [0.15, 0.2) is 0 Å². The summed E-state index contributed by atoms with van der Waals surface area (Å²) in [7, 11) is 0. The average Bonchev–Trinajstić information content (AvgIpc) is 2.91. The van der Waals surface area contributed by atoms with Gasteiger partial charge in [-0.1, -0.05) is 19.8 Å². The fourth-order valence-corrected chi connectivity index (χ4v) is 4.79. The molecule has 2 bridgehead atoms. The van der Waals surface area contributed by atoms with Gasteiger partial charge in [0.1, 0.15) is 0 Å². The SMILES string of the molecule is CCC1CCCCCN1C(=O)C1C2CCC(C2)C1N. The van der Waals surface area contributed by atoms with Crippen molar-refractivity contribution < 1.29 is 4.79 Å². The lowest BCUT2D eigenvalue weighted by Crippen LogP contribution is -2.50. The Morgan fingerprint density at radius 1 is 1.16 bits per heavy atom. The second-order valence-corrected chi connectivity index (χ2v) is 6.88. The first-order valence-corrected chi connectivity index (χ1v) is 8.28. The van der Waals surface area contributed by atoms with E-state index in [1.165, 1.54) is 44.9 Å². The highest BCUT2D eigenvalue weighted by atomic mass is 16.2. The summed E-state index contributed by atoms with van der Waals surface area (Å²) >= 11 is 0. The van der Waals surface area contributed by atoms with Gasteiger partial charge in [-0.2, -0.15) is 0 Å². The summed E-state index contributed by atoms with van der Waals surface area (Å²) in [5, 5.41) is 0. The van der Waals surface area contributed by atoms with E-state index >= 15 is 0 Å². The van der Waals surface area contributed by atoms with Crippen molar-refractivity contribution in [2.45, 2.75) is 70.4 Å². The molecule has 2 aliphatic carbocycles. The molecule has 1 aliphatic heterocycles. The molecule has 3 aliphatic rings. The van der Waals surface area contributed by atoms with Gasteiger partial charge in [-0.3, -0.25) is 4.79 Å². The van der Waals surface area contributed by atoms with Crippen LogP contribution in [-0.2, 0) is 4.79 Å². The highest BCUT2D eigenvalue weighted by molar-refractivity contribution is 5.81. The Morgan fingerprint density at radius 3 is 2.63 bits per heavy atom. The van der Waals surface area contributed by atoms with Crippen molar-refractivity contribution in [2.75, 3.05) is 6.54 Å². The lowest BCUT2D eigenvalue weighted by Gasteiger charge is -2.36. The highest BCUT2D eigenvalue weighted by Crippen LogP contribution is 2.48. The zero-order chi connectivity index (χ0) is 13.4. The van der Waals surface area contributed by atoms with Crippen LogP contribution in [0.3, 0.4) is 0 Å². The van der Waals surface area contributed by atoms with Gasteiger partial charge >= 0.3 is 0 Å². The minimum absolute atomic E-state index is 0.144. The van der Waals surface area contributed by atoms with E-state index in [1.54, 1.807) is 0 Å². The average molecular weight is 264 g/mol. The van der Waals surface area contributed by atoms with Gasteiger partial charge in [-0.25, -0.2) is 0 Å². The van der Waals surface area contributed by atoms with Gasteiger partial charge < -0.3 is 10.6 Å². The molecular formula is C16H28N2O. The normalized spacial score (nSPS) is 42.4. The first kappa shape index (κ1) is 13.4. The lowest BCUT2D eigenvalue weighted by molar-refractivity contribution is -0.140. The Hall–Kier alpha value is -0.570. The van der Waals surface area contributed by atoms with Crippen molar-refractivity contribution in [1.29, 1.82) is 0 Å². The molecule has 0 aromatic rings. The highest BCUT2D eigenvalue weighted by Gasteiger charge is 2.50. The van der Waals surface area contributed by atoms with Gasteiger partial charge in [0, 0.05) is 18.6 Å². The van der Waals surface area contributed by atoms with Crippen LogP contribution in [0.1, 0.15) is 58.3 Å². The zero-order valence-electron chi connectivity index (χ0n) is 12.2. The fraction of sp³-hybridized carbons (Fsp3) is 0.938. The number of nitrogens with two attached hydrogens (primary N) is 1. The smallest absolute Gasteiger partial charge is 0.227 e.